The minimum absolute atomic E-state index is 0.0431. The first-order valence-corrected chi connectivity index (χ1v) is 6.88. The zero-order chi connectivity index (χ0) is 12.8. The van der Waals surface area contributed by atoms with E-state index in [2.05, 4.69) is 34.6 Å². The molecule has 0 amide bonds. The maximum absolute atomic E-state index is 6.09. The van der Waals surface area contributed by atoms with Crippen molar-refractivity contribution < 1.29 is 0 Å². The molecule has 0 aromatic rings. The molecule has 3 heteroatoms. The van der Waals surface area contributed by atoms with Crippen molar-refractivity contribution in [3.05, 3.63) is 35.5 Å². The van der Waals surface area contributed by atoms with Crippen molar-refractivity contribution in [3.8, 4) is 0 Å². The van der Waals surface area contributed by atoms with Crippen LogP contribution in [0.25, 0.3) is 0 Å². The molecule has 18 heavy (non-hydrogen) atoms. The lowest BCUT2D eigenvalue weighted by Crippen LogP contribution is -2.30. The molecular weight excluding hydrogens is 222 g/mol. The van der Waals surface area contributed by atoms with E-state index in [0.29, 0.717) is 5.84 Å². The van der Waals surface area contributed by atoms with E-state index < -0.39 is 0 Å². The molecule has 2 aliphatic rings. The zero-order valence-corrected chi connectivity index (χ0v) is 11.2. The van der Waals surface area contributed by atoms with Crippen LogP contribution in [0, 0.1) is 0 Å². The van der Waals surface area contributed by atoms with Crippen LogP contribution in [0.1, 0.15) is 38.5 Å². The van der Waals surface area contributed by atoms with Crippen LogP contribution < -0.4 is 11.1 Å². The summed E-state index contributed by atoms with van der Waals surface area (Å²) in [6, 6.07) is 0. The highest BCUT2D eigenvalue weighted by molar-refractivity contribution is 5.99. The molecule has 0 saturated carbocycles. The van der Waals surface area contributed by atoms with Crippen molar-refractivity contribution in [2.45, 2.75) is 44.7 Å². The molecule has 1 atom stereocenters. The predicted octanol–water partition coefficient (Wildman–Crippen LogP) is 2.67. The highest BCUT2D eigenvalue weighted by Crippen LogP contribution is 2.21. The van der Waals surface area contributed by atoms with Crippen molar-refractivity contribution in [1.29, 1.82) is 0 Å². The largest absolute Gasteiger partial charge is 0.383 e. The lowest BCUT2D eigenvalue weighted by atomic mass is 9.97. The summed E-state index contributed by atoms with van der Waals surface area (Å²) < 4.78 is 0. The van der Waals surface area contributed by atoms with Gasteiger partial charge in [0.05, 0.1) is 0 Å². The van der Waals surface area contributed by atoms with Crippen molar-refractivity contribution in [2.24, 2.45) is 10.7 Å². The Kier molecular flexibility index (Phi) is 4.76. The number of nitrogens with one attached hydrogen (secondary N) is 1. The standard InChI is InChI=1S/C15H23N3/c1-17-15(13-10-6-3-7-11-13)18-14(16)12-8-4-2-5-9-12/h4,8-10,15,17H,2-3,5-7,11H2,1H3,(H2,16,18). The third kappa shape index (κ3) is 3.33. The number of allylic oxidation sites excluding steroid dienone is 3. The quantitative estimate of drug-likeness (QED) is 0.454. The predicted molar refractivity (Wildman–Crippen MR) is 77.5 cm³/mol. The van der Waals surface area contributed by atoms with Gasteiger partial charge < -0.3 is 5.73 Å². The van der Waals surface area contributed by atoms with Gasteiger partial charge in [-0.15, -0.1) is 0 Å². The van der Waals surface area contributed by atoms with E-state index in [1.807, 2.05) is 7.05 Å². The molecule has 0 radical (unpaired) electrons. The monoisotopic (exact) mass is 245 g/mol. The zero-order valence-electron chi connectivity index (χ0n) is 11.2. The number of amidine groups is 1. The van der Waals surface area contributed by atoms with E-state index in [4.69, 9.17) is 5.73 Å². The van der Waals surface area contributed by atoms with Gasteiger partial charge in [-0.3, -0.25) is 5.32 Å². The number of likely N-dealkylation sites (N-methyl/N-ethyl adjacent to an activating group) is 1. The van der Waals surface area contributed by atoms with Gasteiger partial charge >= 0.3 is 0 Å². The fraction of sp³-hybridized carbons (Fsp3) is 0.533. The second-order valence-electron chi connectivity index (χ2n) is 4.87. The van der Waals surface area contributed by atoms with Crippen LogP contribution in [0.15, 0.2) is 40.4 Å². The Hall–Kier alpha value is -1.35. The van der Waals surface area contributed by atoms with E-state index in [9.17, 15) is 0 Å². The molecule has 0 spiro atoms. The van der Waals surface area contributed by atoms with Gasteiger partial charge in [-0.05, 0) is 51.1 Å². The Balaban J connectivity index is 2.10. The van der Waals surface area contributed by atoms with Crippen LogP contribution in [0.5, 0.6) is 0 Å². The molecule has 0 heterocycles. The highest BCUT2D eigenvalue weighted by atomic mass is 15.1. The summed E-state index contributed by atoms with van der Waals surface area (Å²) in [5.74, 6) is 0.650. The third-order valence-corrected chi connectivity index (χ3v) is 3.51. The van der Waals surface area contributed by atoms with Crippen LogP contribution in [-0.2, 0) is 0 Å². The summed E-state index contributed by atoms with van der Waals surface area (Å²) in [5, 5.41) is 3.25. The maximum Gasteiger partial charge on any atom is 0.127 e. The van der Waals surface area contributed by atoms with Gasteiger partial charge in [0.25, 0.3) is 0 Å². The molecule has 0 fully saturated rings. The SMILES string of the molecule is CNC(/N=C(\N)C1=CCCC=C1)C1=CCCCC1. The van der Waals surface area contributed by atoms with Gasteiger partial charge in [0.2, 0.25) is 0 Å². The topological polar surface area (TPSA) is 50.4 Å². The number of nitrogens with zero attached hydrogens (tertiary/aromatic N) is 1. The smallest absolute Gasteiger partial charge is 0.127 e. The van der Waals surface area contributed by atoms with Gasteiger partial charge in [-0.1, -0.05) is 24.3 Å². The number of hydrogen-bond donors (Lipinski definition) is 2. The summed E-state index contributed by atoms with van der Waals surface area (Å²) >= 11 is 0. The Morgan fingerprint density at radius 1 is 1.28 bits per heavy atom. The van der Waals surface area contributed by atoms with Crippen LogP contribution in [-0.4, -0.2) is 19.0 Å². The Morgan fingerprint density at radius 3 is 2.78 bits per heavy atom. The summed E-state index contributed by atoms with van der Waals surface area (Å²) in [6.45, 7) is 0. The molecule has 3 N–H and O–H groups in total. The molecule has 3 nitrogen and oxygen atoms in total. The second-order valence-corrected chi connectivity index (χ2v) is 4.87. The van der Waals surface area contributed by atoms with Gasteiger partial charge in [-0.25, -0.2) is 4.99 Å². The normalized spacial score (nSPS) is 22.4. The van der Waals surface area contributed by atoms with Gasteiger partial charge in [0.15, 0.2) is 0 Å². The fourth-order valence-electron chi connectivity index (χ4n) is 2.46. The molecule has 98 valence electrons. The van der Waals surface area contributed by atoms with Crippen LogP contribution in [0.4, 0.5) is 0 Å². The van der Waals surface area contributed by atoms with E-state index in [1.54, 1.807) is 0 Å². The lowest BCUT2D eigenvalue weighted by molar-refractivity contribution is 0.588. The van der Waals surface area contributed by atoms with E-state index in [0.717, 1.165) is 24.8 Å². The first kappa shape index (κ1) is 13.1. The Bertz CT molecular complexity index is 402. The molecule has 0 bridgehead atoms. The summed E-state index contributed by atoms with van der Waals surface area (Å²) in [5.41, 5.74) is 8.54. The molecule has 2 rings (SSSR count). The molecule has 0 aromatic carbocycles. The number of aliphatic imine (C=N–C) groups is 1. The van der Waals surface area contributed by atoms with E-state index >= 15 is 0 Å². The Labute approximate surface area is 110 Å². The summed E-state index contributed by atoms with van der Waals surface area (Å²) in [7, 11) is 1.95. The summed E-state index contributed by atoms with van der Waals surface area (Å²) in [4.78, 5) is 4.64. The number of rotatable bonds is 4. The van der Waals surface area contributed by atoms with Crippen LogP contribution in [0.3, 0.4) is 0 Å². The van der Waals surface area contributed by atoms with Crippen molar-refractivity contribution in [1.82, 2.24) is 5.32 Å². The summed E-state index contributed by atoms with van der Waals surface area (Å²) in [6.07, 6.45) is 15.8. The van der Waals surface area contributed by atoms with Crippen molar-refractivity contribution in [2.75, 3.05) is 7.05 Å². The maximum atomic E-state index is 6.09. The molecule has 0 aliphatic heterocycles. The molecule has 1 unspecified atom stereocenters. The number of hydrogen-bond acceptors (Lipinski definition) is 2. The molecule has 0 saturated heterocycles. The molecule has 2 aliphatic carbocycles. The highest BCUT2D eigenvalue weighted by Gasteiger charge is 2.14. The molecular formula is C15H23N3. The first-order valence-electron chi connectivity index (χ1n) is 6.88. The van der Waals surface area contributed by atoms with Gasteiger partial charge in [0, 0.05) is 5.57 Å². The average molecular weight is 245 g/mol. The fourth-order valence-corrected chi connectivity index (χ4v) is 2.46. The van der Waals surface area contributed by atoms with E-state index in [-0.39, 0.29) is 6.17 Å². The van der Waals surface area contributed by atoms with Crippen LogP contribution >= 0.6 is 0 Å². The Morgan fingerprint density at radius 2 is 2.17 bits per heavy atom. The average Bonchev–Trinajstić information content (AvgIpc) is 2.46. The number of nitrogens with two attached hydrogens (primary N) is 1. The van der Waals surface area contributed by atoms with Gasteiger partial charge in [-0.2, -0.15) is 0 Å². The van der Waals surface area contributed by atoms with Crippen molar-refractivity contribution >= 4 is 5.84 Å². The minimum Gasteiger partial charge on any atom is -0.383 e. The molecule has 0 aromatic heterocycles. The third-order valence-electron chi connectivity index (χ3n) is 3.51. The van der Waals surface area contributed by atoms with Crippen molar-refractivity contribution in [3.63, 3.8) is 0 Å². The van der Waals surface area contributed by atoms with Crippen LogP contribution in [0.2, 0.25) is 0 Å². The second kappa shape index (κ2) is 6.55. The van der Waals surface area contributed by atoms with E-state index in [1.165, 1.54) is 24.8 Å². The van der Waals surface area contributed by atoms with Gasteiger partial charge in [0.1, 0.15) is 12.0 Å². The first-order chi connectivity index (χ1) is 8.81. The minimum atomic E-state index is 0.0431. The lowest BCUT2D eigenvalue weighted by Gasteiger charge is -2.20.